The molecule has 0 aromatic heterocycles. The SMILES string of the molecule is CC1CCCN(C(=O)NCC2(C)CCCC2)C1C(=O)O. The van der Waals surface area contributed by atoms with Gasteiger partial charge in [-0.25, -0.2) is 9.59 Å². The van der Waals surface area contributed by atoms with Crippen LogP contribution in [0.25, 0.3) is 0 Å². The van der Waals surface area contributed by atoms with E-state index in [4.69, 9.17) is 0 Å². The number of amides is 2. The van der Waals surface area contributed by atoms with Crippen LogP contribution in [0, 0.1) is 11.3 Å². The molecule has 2 N–H and O–H groups in total. The first-order chi connectivity index (χ1) is 9.43. The molecule has 1 saturated heterocycles. The lowest BCUT2D eigenvalue weighted by Crippen LogP contribution is -2.55. The summed E-state index contributed by atoms with van der Waals surface area (Å²) in [5.74, 6) is -0.867. The lowest BCUT2D eigenvalue weighted by molar-refractivity contribution is -0.145. The highest BCUT2D eigenvalue weighted by molar-refractivity contribution is 5.83. The van der Waals surface area contributed by atoms with Crippen LogP contribution in [0.15, 0.2) is 0 Å². The highest BCUT2D eigenvalue weighted by atomic mass is 16.4. The molecule has 0 aromatic rings. The van der Waals surface area contributed by atoms with Gasteiger partial charge in [0.05, 0.1) is 0 Å². The molecule has 114 valence electrons. The van der Waals surface area contributed by atoms with Crippen LogP contribution >= 0.6 is 0 Å². The molecule has 0 bridgehead atoms. The van der Waals surface area contributed by atoms with E-state index >= 15 is 0 Å². The van der Waals surface area contributed by atoms with Crippen molar-refractivity contribution in [3.05, 3.63) is 0 Å². The molecule has 2 unspecified atom stereocenters. The fourth-order valence-corrected chi connectivity index (χ4v) is 3.59. The monoisotopic (exact) mass is 282 g/mol. The third-order valence-electron chi connectivity index (χ3n) is 4.92. The van der Waals surface area contributed by atoms with Gasteiger partial charge in [0.25, 0.3) is 0 Å². The topological polar surface area (TPSA) is 69.6 Å². The fourth-order valence-electron chi connectivity index (χ4n) is 3.59. The highest BCUT2D eigenvalue weighted by Crippen LogP contribution is 2.36. The van der Waals surface area contributed by atoms with Gasteiger partial charge in [0.2, 0.25) is 0 Å². The maximum Gasteiger partial charge on any atom is 0.326 e. The Morgan fingerprint density at radius 2 is 1.95 bits per heavy atom. The van der Waals surface area contributed by atoms with Gasteiger partial charge in [-0.15, -0.1) is 0 Å². The summed E-state index contributed by atoms with van der Waals surface area (Å²) in [6.07, 6.45) is 6.50. The molecule has 20 heavy (non-hydrogen) atoms. The zero-order valence-electron chi connectivity index (χ0n) is 12.5. The summed E-state index contributed by atoms with van der Waals surface area (Å²) >= 11 is 0. The van der Waals surface area contributed by atoms with Crippen molar-refractivity contribution >= 4 is 12.0 Å². The number of rotatable bonds is 3. The molecule has 0 aromatic carbocycles. The molecule has 0 spiro atoms. The molecule has 2 atom stereocenters. The number of nitrogens with zero attached hydrogens (tertiary/aromatic N) is 1. The molecule has 1 heterocycles. The minimum Gasteiger partial charge on any atom is -0.480 e. The molecule has 1 saturated carbocycles. The van der Waals surface area contributed by atoms with Crippen LogP contribution < -0.4 is 5.32 Å². The lowest BCUT2D eigenvalue weighted by Gasteiger charge is -2.38. The second-order valence-corrected chi connectivity index (χ2v) is 6.77. The number of urea groups is 1. The Bertz CT molecular complexity index is 377. The van der Waals surface area contributed by atoms with Gasteiger partial charge < -0.3 is 15.3 Å². The Kier molecular flexibility index (Phi) is 4.55. The summed E-state index contributed by atoms with van der Waals surface area (Å²) in [5.41, 5.74) is 0.190. The molecular weight excluding hydrogens is 256 g/mol. The summed E-state index contributed by atoms with van der Waals surface area (Å²) in [7, 11) is 0. The van der Waals surface area contributed by atoms with Crippen LogP contribution in [0.3, 0.4) is 0 Å². The molecule has 1 aliphatic heterocycles. The average Bonchev–Trinajstić information content (AvgIpc) is 2.82. The first-order valence-corrected chi connectivity index (χ1v) is 7.70. The minimum atomic E-state index is -0.889. The maximum absolute atomic E-state index is 12.3. The van der Waals surface area contributed by atoms with Crippen molar-refractivity contribution in [2.45, 2.75) is 58.4 Å². The normalized spacial score (nSPS) is 29.2. The Hall–Kier alpha value is -1.26. The summed E-state index contributed by atoms with van der Waals surface area (Å²) in [6.45, 7) is 5.32. The number of piperidine rings is 1. The van der Waals surface area contributed by atoms with Crippen molar-refractivity contribution in [2.24, 2.45) is 11.3 Å². The van der Waals surface area contributed by atoms with Crippen LogP contribution in [0.2, 0.25) is 0 Å². The van der Waals surface area contributed by atoms with Crippen molar-refractivity contribution in [2.75, 3.05) is 13.1 Å². The third-order valence-corrected chi connectivity index (χ3v) is 4.92. The van der Waals surface area contributed by atoms with Gasteiger partial charge in [-0.3, -0.25) is 0 Å². The lowest BCUT2D eigenvalue weighted by atomic mass is 9.89. The zero-order chi connectivity index (χ0) is 14.8. The number of carbonyl (C=O) groups is 2. The van der Waals surface area contributed by atoms with E-state index < -0.39 is 12.0 Å². The standard InChI is InChI=1S/C15H26N2O3/c1-11-6-5-9-17(12(11)13(18)19)14(20)16-10-15(2)7-3-4-8-15/h11-12H,3-10H2,1-2H3,(H,16,20)(H,18,19). The van der Waals surface area contributed by atoms with Crippen LogP contribution in [0.1, 0.15) is 52.4 Å². The number of carboxylic acid groups (broad SMARTS) is 1. The molecule has 5 heteroatoms. The van der Waals surface area contributed by atoms with E-state index in [-0.39, 0.29) is 17.4 Å². The van der Waals surface area contributed by atoms with E-state index in [2.05, 4.69) is 12.2 Å². The first-order valence-electron chi connectivity index (χ1n) is 7.70. The molecule has 2 amide bonds. The van der Waals surface area contributed by atoms with Crippen molar-refractivity contribution in [3.63, 3.8) is 0 Å². The second kappa shape index (κ2) is 6.02. The molecule has 2 rings (SSSR count). The minimum absolute atomic E-state index is 0.0223. The molecule has 2 fully saturated rings. The van der Waals surface area contributed by atoms with Gasteiger partial charge in [-0.1, -0.05) is 26.7 Å². The number of nitrogens with one attached hydrogen (secondary N) is 1. The van der Waals surface area contributed by atoms with Crippen molar-refractivity contribution in [3.8, 4) is 0 Å². The number of aliphatic carboxylic acids is 1. The number of hydrogen-bond donors (Lipinski definition) is 2. The van der Waals surface area contributed by atoms with Gasteiger partial charge in [0.1, 0.15) is 6.04 Å². The Balaban J connectivity index is 1.94. The van der Waals surface area contributed by atoms with E-state index in [1.807, 2.05) is 6.92 Å². The van der Waals surface area contributed by atoms with Crippen molar-refractivity contribution in [1.82, 2.24) is 10.2 Å². The average molecular weight is 282 g/mol. The van der Waals surface area contributed by atoms with Crippen molar-refractivity contribution in [1.29, 1.82) is 0 Å². The number of hydrogen-bond acceptors (Lipinski definition) is 2. The van der Waals surface area contributed by atoms with Gasteiger partial charge in [-0.2, -0.15) is 0 Å². The van der Waals surface area contributed by atoms with Crippen LogP contribution in [-0.2, 0) is 4.79 Å². The van der Waals surface area contributed by atoms with Gasteiger partial charge >= 0.3 is 12.0 Å². The van der Waals surface area contributed by atoms with E-state index in [1.54, 1.807) is 0 Å². The third kappa shape index (κ3) is 3.25. The summed E-state index contributed by atoms with van der Waals surface area (Å²) in [5, 5.41) is 12.3. The van der Waals surface area contributed by atoms with Crippen molar-refractivity contribution < 1.29 is 14.7 Å². The van der Waals surface area contributed by atoms with Gasteiger partial charge in [0.15, 0.2) is 0 Å². The first kappa shape index (κ1) is 15.1. The highest BCUT2D eigenvalue weighted by Gasteiger charge is 2.38. The fraction of sp³-hybridized carbons (Fsp3) is 0.867. The van der Waals surface area contributed by atoms with Crippen LogP contribution in [-0.4, -0.2) is 41.1 Å². The molecule has 0 radical (unpaired) electrons. The molecule has 1 aliphatic carbocycles. The molecule has 5 nitrogen and oxygen atoms in total. The summed E-state index contributed by atoms with van der Waals surface area (Å²) in [4.78, 5) is 25.2. The Morgan fingerprint density at radius 1 is 1.30 bits per heavy atom. The van der Waals surface area contributed by atoms with E-state index in [0.717, 1.165) is 25.7 Å². The zero-order valence-corrected chi connectivity index (χ0v) is 12.5. The van der Waals surface area contributed by atoms with Crippen LogP contribution in [0.5, 0.6) is 0 Å². The summed E-state index contributed by atoms with van der Waals surface area (Å²) in [6, 6.07) is -0.891. The maximum atomic E-state index is 12.3. The quantitative estimate of drug-likeness (QED) is 0.835. The van der Waals surface area contributed by atoms with Gasteiger partial charge in [0, 0.05) is 13.1 Å². The Labute approximate surface area is 120 Å². The molecular formula is C15H26N2O3. The number of carboxylic acids is 1. The van der Waals surface area contributed by atoms with E-state index in [0.29, 0.717) is 13.1 Å². The van der Waals surface area contributed by atoms with E-state index in [1.165, 1.54) is 17.7 Å². The molecule has 2 aliphatic rings. The Morgan fingerprint density at radius 3 is 2.55 bits per heavy atom. The largest absolute Gasteiger partial charge is 0.480 e. The van der Waals surface area contributed by atoms with Crippen LogP contribution in [0.4, 0.5) is 4.79 Å². The summed E-state index contributed by atoms with van der Waals surface area (Å²) < 4.78 is 0. The predicted molar refractivity (Wildman–Crippen MR) is 76.5 cm³/mol. The smallest absolute Gasteiger partial charge is 0.326 e. The number of carbonyl (C=O) groups excluding carboxylic acids is 1. The predicted octanol–water partition coefficient (Wildman–Crippen LogP) is 2.46. The van der Waals surface area contributed by atoms with E-state index in [9.17, 15) is 14.7 Å². The second-order valence-electron chi connectivity index (χ2n) is 6.77. The van der Waals surface area contributed by atoms with Gasteiger partial charge in [-0.05, 0) is 37.0 Å². The number of likely N-dealkylation sites (tertiary alicyclic amines) is 1.